The van der Waals surface area contributed by atoms with Crippen LogP contribution in [0.25, 0.3) is 22.3 Å². The first-order chi connectivity index (χ1) is 19.6. The molecule has 2 aromatic heterocycles. The van der Waals surface area contributed by atoms with Crippen LogP contribution in [0.15, 0.2) is 48.8 Å². The number of benzene rings is 2. The molecule has 0 aliphatic carbocycles. The van der Waals surface area contributed by atoms with E-state index in [1.54, 1.807) is 28.9 Å². The first-order valence-electron chi connectivity index (χ1n) is 12.7. The number of hydrogen-bond donors (Lipinski definition) is 3. The Labute approximate surface area is 231 Å². The number of ether oxygens (including phenoxy) is 1. The Hall–Kier alpha value is -4.88. The Bertz CT molecular complexity index is 1610. The number of nitrogens with two attached hydrogens (primary N) is 1. The normalized spacial score (nSPS) is 15.6. The van der Waals surface area contributed by atoms with Crippen LogP contribution < -0.4 is 15.8 Å². The van der Waals surface area contributed by atoms with Crippen molar-refractivity contribution in [3.8, 4) is 17.0 Å². The molecule has 4 N–H and O–H groups in total. The number of hydrogen-bond acceptors (Lipinski definition) is 7. The maximum Gasteiger partial charge on any atom is 0.419 e. The number of nitrogens with zero attached hydrogens (tertiary/aromatic N) is 5. The summed E-state index contributed by atoms with van der Waals surface area (Å²) in [4.78, 5) is 34.1. The highest BCUT2D eigenvalue weighted by Crippen LogP contribution is 2.38. The highest BCUT2D eigenvalue weighted by atomic mass is 19.4. The lowest BCUT2D eigenvalue weighted by Crippen LogP contribution is -2.40. The van der Waals surface area contributed by atoms with Crippen molar-refractivity contribution in [1.29, 1.82) is 0 Å². The van der Waals surface area contributed by atoms with E-state index < -0.39 is 29.5 Å². The summed E-state index contributed by atoms with van der Waals surface area (Å²) in [5.74, 6) is -1.03. The Balaban J connectivity index is 1.38. The van der Waals surface area contributed by atoms with Gasteiger partial charge in [-0.1, -0.05) is 30.3 Å². The van der Waals surface area contributed by atoms with E-state index in [0.29, 0.717) is 40.8 Å². The van der Waals surface area contributed by atoms with Crippen LogP contribution in [0.1, 0.15) is 40.4 Å². The Morgan fingerprint density at radius 1 is 1.17 bits per heavy atom. The smallest absolute Gasteiger partial charge is 0.419 e. The zero-order valence-electron chi connectivity index (χ0n) is 21.9. The van der Waals surface area contributed by atoms with Gasteiger partial charge < -0.3 is 25.8 Å². The third kappa shape index (κ3) is 5.44. The van der Waals surface area contributed by atoms with E-state index in [9.17, 15) is 27.9 Å². The zero-order valence-corrected chi connectivity index (χ0v) is 21.9. The summed E-state index contributed by atoms with van der Waals surface area (Å²) >= 11 is 0. The van der Waals surface area contributed by atoms with Gasteiger partial charge in [0.05, 0.1) is 29.7 Å². The lowest BCUT2D eigenvalue weighted by Gasteiger charge is -2.30. The SMILES string of the molecule is COc1c(C(=O)NCc2ccc(-c3nn([C@@H]4CCCN(C(=O)O)C4)c4ncnc(N)c34)cc2)cccc1C(F)(F)F. The molecule has 41 heavy (non-hydrogen) atoms. The average Bonchev–Trinajstić information content (AvgIpc) is 3.36. The number of rotatable bonds is 6. The van der Waals surface area contributed by atoms with Crippen molar-refractivity contribution in [3.05, 3.63) is 65.5 Å². The van der Waals surface area contributed by atoms with E-state index in [-0.39, 0.29) is 30.5 Å². The molecule has 4 aromatic rings. The maximum absolute atomic E-state index is 13.3. The van der Waals surface area contributed by atoms with Gasteiger partial charge in [-0.2, -0.15) is 18.3 Å². The summed E-state index contributed by atoms with van der Waals surface area (Å²) in [5.41, 5.74) is 7.34. The van der Waals surface area contributed by atoms with Crippen LogP contribution in [0.2, 0.25) is 0 Å². The number of carboxylic acid groups (broad SMARTS) is 1. The third-order valence-electron chi connectivity index (χ3n) is 6.98. The number of halogens is 3. The van der Waals surface area contributed by atoms with E-state index >= 15 is 0 Å². The molecule has 0 radical (unpaired) electrons. The quantitative estimate of drug-likeness (QED) is 0.310. The molecule has 2 aromatic carbocycles. The van der Waals surface area contributed by atoms with Gasteiger partial charge in [-0.25, -0.2) is 19.4 Å². The maximum atomic E-state index is 13.3. The average molecular weight is 570 g/mol. The number of anilines is 1. The molecule has 5 rings (SSSR count). The number of aromatic nitrogens is 4. The van der Waals surface area contributed by atoms with Crippen LogP contribution in [0, 0.1) is 0 Å². The number of carbonyl (C=O) groups is 2. The number of piperidine rings is 1. The predicted octanol–water partition coefficient (Wildman–Crippen LogP) is 4.35. The molecular weight excluding hydrogens is 543 g/mol. The molecule has 214 valence electrons. The molecule has 1 fully saturated rings. The molecule has 1 atom stereocenters. The summed E-state index contributed by atoms with van der Waals surface area (Å²) in [6.07, 6.45) is -2.92. The van der Waals surface area contributed by atoms with Crippen molar-refractivity contribution < 1.29 is 32.6 Å². The minimum absolute atomic E-state index is 0.0477. The van der Waals surface area contributed by atoms with Crippen LogP contribution in [0.4, 0.5) is 23.8 Å². The first-order valence-corrected chi connectivity index (χ1v) is 12.7. The second-order valence-corrected chi connectivity index (χ2v) is 9.54. The van der Waals surface area contributed by atoms with Crippen LogP contribution in [-0.2, 0) is 12.7 Å². The summed E-state index contributed by atoms with van der Waals surface area (Å²) in [6, 6.07) is 10.1. The van der Waals surface area contributed by atoms with E-state index in [4.69, 9.17) is 15.6 Å². The number of nitrogen functional groups attached to an aromatic ring is 1. The zero-order chi connectivity index (χ0) is 29.3. The van der Waals surface area contributed by atoms with Gasteiger partial charge in [0, 0.05) is 25.2 Å². The van der Waals surface area contributed by atoms with E-state index in [1.807, 2.05) is 0 Å². The summed E-state index contributed by atoms with van der Waals surface area (Å²) in [5, 5.41) is 17.4. The van der Waals surface area contributed by atoms with Crippen molar-refractivity contribution in [2.45, 2.75) is 31.6 Å². The van der Waals surface area contributed by atoms with Gasteiger partial charge >= 0.3 is 12.3 Å². The Kier molecular flexibility index (Phi) is 7.39. The molecule has 0 unspecified atom stereocenters. The molecule has 0 saturated carbocycles. The molecule has 1 aliphatic heterocycles. The van der Waals surface area contributed by atoms with Crippen LogP contribution >= 0.6 is 0 Å². The fourth-order valence-corrected chi connectivity index (χ4v) is 5.00. The number of alkyl halides is 3. The molecule has 0 spiro atoms. The van der Waals surface area contributed by atoms with Crippen molar-refractivity contribution in [3.63, 3.8) is 0 Å². The van der Waals surface area contributed by atoms with Gasteiger partial charge in [-0.05, 0) is 30.5 Å². The number of nitrogens with one attached hydrogen (secondary N) is 1. The van der Waals surface area contributed by atoms with Gasteiger partial charge in [0.15, 0.2) is 5.65 Å². The van der Waals surface area contributed by atoms with Gasteiger partial charge in [0.25, 0.3) is 5.91 Å². The molecule has 3 heterocycles. The number of para-hydroxylation sites is 1. The first kappa shape index (κ1) is 27.7. The number of likely N-dealkylation sites (tertiary alicyclic amines) is 1. The predicted molar refractivity (Wildman–Crippen MR) is 142 cm³/mol. The molecule has 1 aliphatic rings. The van der Waals surface area contributed by atoms with Crippen molar-refractivity contribution in [1.82, 2.24) is 30.0 Å². The summed E-state index contributed by atoms with van der Waals surface area (Å²) in [7, 11) is 1.08. The van der Waals surface area contributed by atoms with Gasteiger partial charge in [0.2, 0.25) is 0 Å². The molecule has 1 saturated heterocycles. The molecule has 14 heteroatoms. The van der Waals surface area contributed by atoms with Crippen molar-refractivity contribution in [2.75, 3.05) is 25.9 Å². The minimum atomic E-state index is -4.67. The highest BCUT2D eigenvalue weighted by Gasteiger charge is 2.36. The minimum Gasteiger partial charge on any atom is -0.495 e. The molecule has 2 amide bonds. The van der Waals surface area contributed by atoms with Crippen LogP contribution in [0.3, 0.4) is 0 Å². The Morgan fingerprint density at radius 2 is 1.93 bits per heavy atom. The fraction of sp³-hybridized carbons (Fsp3) is 0.296. The number of amides is 2. The molecule has 0 bridgehead atoms. The monoisotopic (exact) mass is 569 g/mol. The number of fused-ring (bicyclic) bond motifs is 1. The summed E-state index contributed by atoms with van der Waals surface area (Å²) in [6.45, 7) is 0.768. The number of carbonyl (C=O) groups excluding carboxylic acids is 1. The highest BCUT2D eigenvalue weighted by molar-refractivity contribution is 5.98. The second-order valence-electron chi connectivity index (χ2n) is 9.54. The summed E-state index contributed by atoms with van der Waals surface area (Å²) < 4.78 is 46.6. The topological polar surface area (TPSA) is 148 Å². The van der Waals surface area contributed by atoms with E-state index in [1.165, 1.54) is 17.3 Å². The van der Waals surface area contributed by atoms with Gasteiger partial charge in [-0.3, -0.25) is 4.79 Å². The lowest BCUT2D eigenvalue weighted by molar-refractivity contribution is -0.138. The molecule has 11 nitrogen and oxygen atoms in total. The van der Waals surface area contributed by atoms with Crippen LogP contribution in [-0.4, -0.2) is 62.0 Å². The Morgan fingerprint density at radius 3 is 2.61 bits per heavy atom. The van der Waals surface area contributed by atoms with E-state index in [0.717, 1.165) is 25.7 Å². The standard InChI is InChI=1S/C27H26F3N7O4/c1-41-22-18(5-2-6-19(22)27(28,29)30)25(38)32-12-15-7-9-16(10-8-15)21-20-23(31)33-14-34-24(20)37(35-21)17-4-3-11-36(13-17)26(39)40/h2,5-10,14,17H,3-4,11-13H2,1H3,(H,32,38)(H,39,40)(H2,31,33,34)/t17-/m1/s1. The lowest BCUT2D eigenvalue weighted by atomic mass is 10.1. The fourth-order valence-electron chi connectivity index (χ4n) is 5.00. The number of methoxy groups -OCH3 is 1. The van der Waals surface area contributed by atoms with Gasteiger partial charge in [-0.15, -0.1) is 0 Å². The largest absolute Gasteiger partial charge is 0.495 e. The van der Waals surface area contributed by atoms with Crippen LogP contribution in [0.5, 0.6) is 5.75 Å². The van der Waals surface area contributed by atoms with Crippen molar-refractivity contribution in [2.24, 2.45) is 0 Å². The van der Waals surface area contributed by atoms with Crippen molar-refractivity contribution >= 4 is 28.9 Å². The van der Waals surface area contributed by atoms with Gasteiger partial charge in [0.1, 0.15) is 23.6 Å². The third-order valence-corrected chi connectivity index (χ3v) is 6.98. The molecular formula is C27H26F3N7O4. The van der Waals surface area contributed by atoms with E-state index in [2.05, 4.69) is 15.3 Å². The second kappa shape index (κ2) is 10.9.